The van der Waals surface area contributed by atoms with E-state index in [1.54, 1.807) is 4.90 Å². The molecule has 1 nitrogen and oxygen atoms in total. The van der Waals surface area contributed by atoms with Crippen molar-refractivity contribution in [2.24, 2.45) is 10.8 Å². The minimum absolute atomic E-state index is 0.520. The topological polar surface area (TPSA) is 4.44 Å². The summed E-state index contributed by atoms with van der Waals surface area (Å²) in [4.78, 5) is 1.72. The highest BCUT2D eigenvalue weighted by molar-refractivity contribution is 5.33. The highest BCUT2D eigenvalue weighted by Gasteiger charge is 2.52. The van der Waals surface area contributed by atoms with Crippen LogP contribution in [0.5, 0.6) is 0 Å². The third kappa shape index (κ3) is 2.91. The summed E-state index contributed by atoms with van der Waals surface area (Å²) >= 11 is 0. The quantitative estimate of drug-likeness (QED) is 0.747. The molecule has 1 heterocycles. The molecule has 1 unspecified atom stereocenters. The van der Waals surface area contributed by atoms with Crippen LogP contribution in [0.15, 0.2) is 30.3 Å². The summed E-state index contributed by atoms with van der Waals surface area (Å²) in [5, 5.41) is 0. The molecule has 2 aliphatic rings. The second-order valence-corrected chi connectivity index (χ2v) is 7.94. The molecule has 1 N–H and O–H groups in total. The molecule has 1 aromatic carbocycles. The van der Waals surface area contributed by atoms with Crippen molar-refractivity contribution in [2.75, 3.05) is 13.1 Å². The van der Waals surface area contributed by atoms with Crippen molar-refractivity contribution in [3.8, 4) is 11.8 Å². The normalized spacial score (nSPS) is 34.4. The van der Waals surface area contributed by atoms with Gasteiger partial charge >= 0.3 is 0 Å². The largest absolute Gasteiger partial charge is 0.322 e. The van der Waals surface area contributed by atoms with Crippen LogP contribution in [-0.4, -0.2) is 19.1 Å². The Morgan fingerprint density at radius 1 is 1.15 bits per heavy atom. The molecule has 1 saturated heterocycles. The van der Waals surface area contributed by atoms with E-state index < -0.39 is 0 Å². The number of hydrogen-bond acceptors (Lipinski definition) is 0. The van der Waals surface area contributed by atoms with Gasteiger partial charge in [0.05, 0.1) is 12.6 Å². The van der Waals surface area contributed by atoms with Crippen molar-refractivity contribution in [2.45, 2.75) is 46.1 Å². The molecule has 2 bridgehead atoms. The van der Waals surface area contributed by atoms with E-state index in [-0.39, 0.29) is 0 Å². The molecule has 0 radical (unpaired) electrons. The Bertz CT molecular complexity index is 534. The van der Waals surface area contributed by atoms with Gasteiger partial charge in [-0.1, -0.05) is 44.9 Å². The Labute approximate surface area is 123 Å². The summed E-state index contributed by atoms with van der Waals surface area (Å²) in [5.41, 5.74) is 2.21. The fourth-order valence-corrected chi connectivity index (χ4v) is 4.74. The molecule has 3 atom stereocenters. The van der Waals surface area contributed by atoms with E-state index in [9.17, 15) is 0 Å². The Kier molecular flexibility index (Phi) is 3.38. The Hall–Kier alpha value is -1.26. The van der Waals surface area contributed by atoms with Crippen LogP contribution in [0.25, 0.3) is 0 Å². The van der Waals surface area contributed by atoms with Gasteiger partial charge in [-0.25, -0.2) is 0 Å². The first-order chi connectivity index (χ1) is 9.46. The van der Waals surface area contributed by atoms with Gasteiger partial charge in [-0.15, -0.1) is 0 Å². The molecular weight excluding hydrogens is 242 g/mol. The SMILES string of the molecule is CC1(C)C[C@@H]2C[C@@](C)(C[NH+]2CC#Cc2ccccc2)C1. The van der Waals surface area contributed by atoms with Gasteiger partial charge in [-0.3, -0.25) is 0 Å². The number of likely N-dealkylation sites (tertiary alicyclic amines) is 1. The van der Waals surface area contributed by atoms with Crippen molar-refractivity contribution < 1.29 is 4.90 Å². The molecule has 3 rings (SSSR count). The van der Waals surface area contributed by atoms with Crippen LogP contribution in [0.1, 0.15) is 45.6 Å². The van der Waals surface area contributed by atoms with Crippen LogP contribution in [0.2, 0.25) is 0 Å². The van der Waals surface area contributed by atoms with Crippen LogP contribution < -0.4 is 4.90 Å². The molecule has 1 saturated carbocycles. The van der Waals surface area contributed by atoms with E-state index in [4.69, 9.17) is 0 Å². The third-order valence-electron chi connectivity index (χ3n) is 5.00. The maximum atomic E-state index is 3.41. The lowest BCUT2D eigenvalue weighted by Crippen LogP contribution is -3.13. The second-order valence-electron chi connectivity index (χ2n) is 7.94. The van der Waals surface area contributed by atoms with Crippen LogP contribution >= 0.6 is 0 Å². The standard InChI is InChI=1S/C19H25N/c1-18(2)12-17-13-19(3,14-18)15-20(17)11-7-10-16-8-5-4-6-9-16/h4-6,8-9,17H,11-15H2,1-3H3/p+1/t17-,19-/m1/s1. The van der Waals surface area contributed by atoms with Crippen molar-refractivity contribution in [3.05, 3.63) is 35.9 Å². The highest BCUT2D eigenvalue weighted by Crippen LogP contribution is 2.47. The Balaban J connectivity index is 1.67. The predicted molar refractivity (Wildman–Crippen MR) is 83.5 cm³/mol. The van der Waals surface area contributed by atoms with Gasteiger partial charge in [0.15, 0.2) is 0 Å². The summed E-state index contributed by atoms with van der Waals surface area (Å²) < 4.78 is 0. The van der Waals surface area contributed by atoms with Crippen molar-refractivity contribution in [1.29, 1.82) is 0 Å². The number of fused-ring (bicyclic) bond motifs is 2. The predicted octanol–water partition coefficient (Wildman–Crippen LogP) is 2.52. The minimum Gasteiger partial charge on any atom is -0.322 e. The van der Waals surface area contributed by atoms with Gasteiger partial charge in [-0.05, 0) is 29.9 Å². The number of nitrogens with one attached hydrogen (secondary N) is 1. The zero-order valence-electron chi connectivity index (χ0n) is 13.0. The molecular formula is C19H26N+. The molecule has 1 aliphatic heterocycles. The number of rotatable bonds is 1. The molecule has 1 aliphatic carbocycles. The third-order valence-corrected chi connectivity index (χ3v) is 5.00. The zero-order valence-corrected chi connectivity index (χ0v) is 13.0. The first-order valence-electron chi connectivity index (χ1n) is 7.84. The van der Waals surface area contributed by atoms with E-state index in [1.165, 1.54) is 25.8 Å². The molecule has 20 heavy (non-hydrogen) atoms. The van der Waals surface area contributed by atoms with E-state index >= 15 is 0 Å². The van der Waals surface area contributed by atoms with Gasteiger partial charge in [-0.2, -0.15) is 0 Å². The van der Waals surface area contributed by atoms with Crippen LogP contribution in [0.3, 0.4) is 0 Å². The van der Waals surface area contributed by atoms with Gasteiger partial charge in [0.1, 0.15) is 6.54 Å². The fraction of sp³-hybridized carbons (Fsp3) is 0.579. The lowest BCUT2D eigenvalue weighted by molar-refractivity contribution is -0.907. The molecule has 0 aromatic heterocycles. The van der Waals surface area contributed by atoms with Crippen molar-refractivity contribution in [1.82, 2.24) is 0 Å². The summed E-state index contributed by atoms with van der Waals surface area (Å²) in [6.07, 6.45) is 4.15. The highest BCUT2D eigenvalue weighted by atomic mass is 15.2. The average Bonchev–Trinajstić information content (AvgIpc) is 2.60. The summed E-state index contributed by atoms with van der Waals surface area (Å²) in [5.74, 6) is 6.73. The van der Waals surface area contributed by atoms with E-state index in [1.807, 2.05) is 6.07 Å². The summed E-state index contributed by atoms with van der Waals surface area (Å²) in [6, 6.07) is 11.2. The van der Waals surface area contributed by atoms with E-state index in [0.717, 1.165) is 18.2 Å². The van der Waals surface area contributed by atoms with E-state index in [2.05, 4.69) is 56.9 Å². The summed E-state index contributed by atoms with van der Waals surface area (Å²) in [6.45, 7) is 9.68. The van der Waals surface area contributed by atoms with Crippen molar-refractivity contribution >= 4 is 0 Å². The monoisotopic (exact) mass is 268 g/mol. The van der Waals surface area contributed by atoms with E-state index in [0.29, 0.717) is 10.8 Å². The lowest BCUT2D eigenvalue weighted by atomic mass is 9.65. The van der Waals surface area contributed by atoms with Crippen LogP contribution in [0.4, 0.5) is 0 Å². The van der Waals surface area contributed by atoms with Gasteiger partial charge in [0.25, 0.3) is 0 Å². The zero-order chi connectivity index (χ0) is 14.2. The summed E-state index contributed by atoms with van der Waals surface area (Å²) in [7, 11) is 0. The first kappa shape index (κ1) is 13.7. The minimum atomic E-state index is 0.520. The maximum Gasteiger partial charge on any atom is 0.139 e. The van der Waals surface area contributed by atoms with Crippen molar-refractivity contribution in [3.63, 3.8) is 0 Å². The molecule has 1 heteroatoms. The lowest BCUT2D eigenvalue weighted by Gasteiger charge is -2.37. The molecule has 1 aromatic rings. The smallest absolute Gasteiger partial charge is 0.139 e. The molecule has 106 valence electrons. The number of benzene rings is 1. The molecule has 0 spiro atoms. The maximum absolute atomic E-state index is 3.41. The van der Waals surface area contributed by atoms with Crippen LogP contribution in [0, 0.1) is 22.7 Å². The van der Waals surface area contributed by atoms with Gasteiger partial charge < -0.3 is 4.90 Å². The number of quaternary nitrogens is 1. The second kappa shape index (κ2) is 4.93. The van der Waals surface area contributed by atoms with Crippen LogP contribution in [-0.2, 0) is 0 Å². The van der Waals surface area contributed by atoms with Gasteiger partial charge in [0, 0.05) is 23.8 Å². The fourth-order valence-electron chi connectivity index (χ4n) is 4.74. The first-order valence-corrected chi connectivity index (χ1v) is 7.84. The number of hydrogen-bond donors (Lipinski definition) is 1. The molecule has 0 amide bonds. The Morgan fingerprint density at radius 3 is 2.65 bits per heavy atom. The molecule has 2 fully saturated rings. The Morgan fingerprint density at radius 2 is 1.90 bits per heavy atom. The average molecular weight is 268 g/mol. The van der Waals surface area contributed by atoms with Gasteiger partial charge in [0.2, 0.25) is 0 Å².